The van der Waals surface area contributed by atoms with Gasteiger partial charge in [0.15, 0.2) is 5.76 Å². The molecule has 1 aliphatic rings. The molecule has 98 valence electrons. The van der Waals surface area contributed by atoms with Gasteiger partial charge in [-0.15, -0.1) is 0 Å². The molecule has 1 unspecified atom stereocenters. The normalized spacial score (nSPS) is 20.0. The first-order valence-electron chi connectivity index (χ1n) is 5.93. The molecule has 1 fully saturated rings. The number of nitrogens with two attached hydrogens (primary N) is 1. The molecule has 2 amide bonds. The predicted octanol–water partition coefficient (Wildman–Crippen LogP) is 0.0889. The van der Waals surface area contributed by atoms with Crippen molar-refractivity contribution >= 4 is 11.8 Å². The van der Waals surface area contributed by atoms with Gasteiger partial charge in [0, 0.05) is 26.1 Å². The lowest BCUT2D eigenvalue weighted by Gasteiger charge is -2.29. The fourth-order valence-corrected chi connectivity index (χ4v) is 2.00. The summed E-state index contributed by atoms with van der Waals surface area (Å²) in [6.07, 6.45) is 1.13. The highest BCUT2D eigenvalue weighted by atomic mass is 16.4. The number of hydrogen-bond donors (Lipinski definition) is 2. The lowest BCUT2D eigenvalue weighted by molar-refractivity contribution is -0.132. The molecule has 6 nitrogen and oxygen atoms in total. The Balaban J connectivity index is 1.93. The van der Waals surface area contributed by atoms with Crippen molar-refractivity contribution in [2.75, 3.05) is 13.6 Å². The monoisotopic (exact) mass is 251 g/mol. The molecule has 6 heteroatoms. The molecule has 1 aliphatic heterocycles. The number of hydrogen-bond acceptors (Lipinski definition) is 4. The van der Waals surface area contributed by atoms with Crippen LogP contribution in [0.4, 0.5) is 0 Å². The van der Waals surface area contributed by atoms with E-state index in [9.17, 15) is 9.59 Å². The molecule has 2 heterocycles. The second kappa shape index (κ2) is 5.22. The van der Waals surface area contributed by atoms with E-state index in [0.29, 0.717) is 25.1 Å². The van der Waals surface area contributed by atoms with Crippen LogP contribution in [0.3, 0.4) is 0 Å². The van der Waals surface area contributed by atoms with Crippen LogP contribution in [-0.4, -0.2) is 36.3 Å². The highest BCUT2D eigenvalue weighted by Gasteiger charge is 2.25. The minimum absolute atomic E-state index is 0.0216. The molecule has 0 aromatic carbocycles. The van der Waals surface area contributed by atoms with Crippen LogP contribution in [0.25, 0.3) is 0 Å². The van der Waals surface area contributed by atoms with Gasteiger partial charge in [-0.3, -0.25) is 9.59 Å². The largest absolute Gasteiger partial charge is 0.455 e. The third kappa shape index (κ3) is 2.70. The Hall–Kier alpha value is -1.82. The van der Waals surface area contributed by atoms with Crippen molar-refractivity contribution in [3.63, 3.8) is 0 Å². The van der Waals surface area contributed by atoms with Crippen LogP contribution in [0.2, 0.25) is 0 Å². The number of likely N-dealkylation sites (N-methyl/N-ethyl adjacent to an activating group) is 1. The first-order chi connectivity index (χ1) is 8.60. The number of carbonyl (C=O) groups is 2. The topological polar surface area (TPSA) is 88.6 Å². The Morgan fingerprint density at radius 1 is 1.61 bits per heavy atom. The summed E-state index contributed by atoms with van der Waals surface area (Å²) in [5, 5.41) is 2.86. The molecule has 3 N–H and O–H groups in total. The Kier molecular flexibility index (Phi) is 3.66. The van der Waals surface area contributed by atoms with E-state index in [1.54, 1.807) is 24.1 Å². The maximum Gasteiger partial charge on any atom is 0.287 e. The van der Waals surface area contributed by atoms with Crippen LogP contribution in [-0.2, 0) is 11.3 Å². The van der Waals surface area contributed by atoms with Crippen molar-refractivity contribution in [3.05, 3.63) is 23.7 Å². The predicted molar refractivity (Wildman–Crippen MR) is 64.7 cm³/mol. The summed E-state index contributed by atoms with van der Waals surface area (Å²) in [7, 11) is 1.74. The van der Waals surface area contributed by atoms with Crippen molar-refractivity contribution in [2.24, 2.45) is 5.73 Å². The van der Waals surface area contributed by atoms with E-state index in [4.69, 9.17) is 10.2 Å². The van der Waals surface area contributed by atoms with Gasteiger partial charge in [-0.25, -0.2) is 0 Å². The van der Waals surface area contributed by atoms with Crippen LogP contribution in [0, 0.1) is 0 Å². The van der Waals surface area contributed by atoms with Gasteiger partial charge < -0.3 is 20.4 Å². The number of rotatable bonds is 3. The van der Waals surface area contributed by atoms with Crippen molar-refractivity contribution in [1.82, 2.24) is 10.2 Å². The molecular weight excluding hydrogens is 234 g/mol. The van der Waals surface area contributed by atoms with Crippen molar-refractivity contribution in [2.45, 2.75) is 25.4 Å². The molecule has 0 radical (unpaired) electrons. The Labute approximate surface area is 105 Å². The van der Waals surface area contributed by atoms with Gasteiger partial charge in [-0.2, -0.15) is 0 Å². The van der Waals surface area contributed by atoms with Gasteiger partial charge in [0.1, 0.15) is 5.76 Å². The van der Waals surface area contributed by atoms with Gasteiger partial charge in [0.25, 0.3) is 5.91 Å². The van der Waals surface area contributed by atoms with Crippen molar-refractivity contribution in [1.29, 1.82) is 0 Å². The molecule has 0 spiro atoms. The van der Waals surface area contributed by atoms with E-state index in [-0.39, 0.29) is 30.2 Å². The standard InChI is InChI=1S/C12H17N3O3/c1-15-7-8(2-5-11(15)16)14-12(17)10-4-3-9(6-13)18-10/h3-4,8H,2,5-7,13H2,1H3,(H,14,17). The number of furan rings is 1. The lowest BCUT2D eigenvalue weighted by atomic mass is 10.1. The first kappa shape index (κ1) is 12.6. The van der Waals surface area contributed by atoms with E-state index >= 15 is 0 Å². The van der Waals surface area contributed by atoms with E-state index in [0.717, 1.165) is 0 Å². The fraction of sp³-hybridized carbons (Fsp3) is 0.500. The van der Waals surface area contributed by atoms with Gasteiger partial charge in [0.05, 0.1) is 6.54 Å². The van der Waals surface area contributed by atoms with Gasteiger partial charge >= 0.3 is 0 Å². The van der Waals surface area contributed by atoms with Gasteiger partial charge in [-0.05, 0) is 18.6 Å². The Morgan fingerprint density at radius 3 is 3.00 bits per heavy atom. The summed E-state index contributed by atoms with van der Waals surface area (Å²) >= 11 is 0. The number of carbonyl (C=O) groups excluding carboxylic acids is 2. The van der Waals surface area contributed by atoms with E-state index in [1.165, 1.54) is 0 Å². The zero-order valence-corrected chi connectivity index (χ0v) is 10.3. The Bertz CT molecular complexity index is 455. The van der Waals surface area contributed by atoms with E-state index in [2.05, 4.69) is 5.32 Å². The smallest absolute Gasteiger partial charge is 0.287 e. The average Bonchev–Trinajstić information content (AvgIpc) is 2.82. The molecule has 0 aliphatic carbocycles. The number of nitrogens with zero attached hydrogens (tertiary/aromatic N) is 1. The number of nitrogens with one attached hydrogen (secondary N) is 1. The van der Waals surface area contributed by atoms with Crippen LogP contribution < -0.4 is 11.1 Å². The molecular formula is C12H17N3O3. The van der Waals surface area contributed by atoms with Gasteiger partial charge in [0.2, 0.25) is 5.91 Å². The van der Waals surface area contributed by atoms with Crippen LogP contribution in [0.15, 0.2) is 16.5 Å². The van der Waals surface area contributed by atoms with E-state index in [1.807, 2.05) is 0 Å². The van der Waals surface area contributed by atoms with Crippen LogP contribution >= 0.6 is 0 Å². The number of amides is 2. The average molecular weight is 251 g/mol. The minimum atomic E-state index is -0.262. The SMILES string of the molecule is CN1CC(NC(=O)c2ccc(CN)o2)CCC1=O. The Morgan fingerprint density at radius 2 is 2.39 bits per heavy atom. The highest BCUT2D eigenvalue weighted by Crippen LogP contribution is 2.12. The minimum Gasteiger partial charge on any atom is -0.455 e. The summed E-state index contributed by atoms with van der Waals surface area (Å²) in [6, 6.07) is 3.27. The second-order valence-corrected chi connectivity index (χ2v) is 4.45. The first-order valence-corrected chi connectivity index (χ1v) is 5.93. The number of likely N-dealkylation sites (tertiary alicyclic amines) is 1. The quantitative estimate of drug-likeness (QED) is 0.796. The molecule has 18 heavy (non-hydrogen) atoms. The van der Waals surface area contributed by atoms with Crippen LogP contribution in [0.1, 0.15) is 29.2 Å². The van der Waals surface area contributed by atoms with Gasteiger partial charge in [-0.1, -0.05) is 0 Å². The number of piperidine rings is 1. The summed E-state index contributed by atoms with van der Waals surface area (Å²) in [5.74, 6) is 0.692. The molecule has 1 saturated heterocycles. The maximum absolute atomic E-state index is 11.9. The molecule has 1 aromatic heterocycles. The summed E-state index contributed by atoms with van der Waals surface area (Å²) in [5.41, 5.74) is 5.41. The maximum atomic E-state index is 11.9. The molecule has 0 bridgehead atoms. The zero-order valence-electron chi connectivity index (χ0n) is 10.3. The second-order valence-electron chi connectivity index (χ2n) is 4.45. The fourth-order valence-electron chi connectivity index (χ4n) is 2.00. The third-order valence-electron chi connectivity index (χ3n) is 3.05. The summed E-state index contributed by atoms with van der Waals surface area (Å²) < 4.78 is 5.27. The molecule has 1 aromatic rings. The van der Waals surface area contributed by atoms with Crippen molar-refractivity contribution in [3.8, 4) is 0 Å². The highest BCUT2D eigenvalue weighted by molar-refractivity contribution is 5.91. The third-order valence-corrected chi connectivity index (χ3v) is 3.05. The summed E-state index contributed by atoms with van der Waals surface area (Å²) in [4.78, 5) is 24.8. The lowest BCUT2D eigenvalue weighted by Crippen LogP contribution is -2.48. The zero-order chi connectivity index (χ0) is 13.1. The molecule has 1 atom stereocenters. The van der Waals surface area contributed by atoms with Crippen LogP contribution in [0.5, 0.6) is 0 Å². The van der Waals surface area contributed by atoms with Crippen molar-refractivity contribution < 1.29 is 14.0 Å². The molecule has 2 rings (SSSR count). The van der Waals surface area contributed by atoms with E-state index < -0.39 is 0 Å². The molecule has 0 saturated carbocycles. The summed E-state index contributed by atoms with van der Waals surface area (Å²) in [6.45, 7) is 0.809.